The maximum Gasteiger partial charge on any atom is 0.255 e. The van der Waals surface area contributed by atoms with Crippen molar-refractivity contribution >= 4 is 23.2 Å². The predicted molar refractivity (Wildman–Crippen MR) is 145 cm³/mol. The van der Waals surface area contributed by atoms with Gasteiger partial charge in [-0.25, -0.2) is 4.39 Å². The van der Waals surface area contributed by atoms with Crippen molar-refractivity contribution in [2.75, 3.05) is 24.3 Å². The van der Waals surface area contributed by atoms with Crippen LogP contribution in [0.2, 0.25) is 0 Å². The second-order valence-corrected chi connectivity index (χ2v) is 9.27. The van der Waals surface area contributed by atoms with Crippen LogP contribution >= 0.6 is 0 Å². The molecule has 0 aliphatic rings. The minimum absolute atomic E-state index is 0.0603. The van der Waals surface area contributed by atoms with E-state index >= 15 is 0 Å². The minimum Gasteiger partial charge on any atom is -0.377 e. The third-order valence-electron chi connectivity index (χ3n) is 6.61. The quantitative estimate of drug-likeness (QED) is 0.346. The Morgan fingerprint density at radius 1 is 0.917 bits per heavy atom. The molecule has 2 amide bonds. The van der Waals surface area contributed by atoms with Gasteiger partial charge in [0.1, 0.15) is 5.82 Å². The molecule has 3 aromatic carbocycles. The van der Waals surface area contributed by atoms with Crippen LogP contribution < -0.4 is 10.2 Å². The van der Waals surface area contributed by atoms with Crippen LogP contribution in [0, 0.1) is 11.7 Å². The first-order valence-corrected chi connectivity index (χ1v) is 12.5. The molecule has 0 saturated carbocycles. The van der Waals surface area contributed by atoms with Gasteiger partial charge < -0.3 is 15.1 Å². The van der Waals surface area contributed by atoms with E-state index in [4.69, 9.17) is 0 Å². The summed E-state index contributed by atoms with van der Waals surface area (Å²) in [5.74, 6) is -0.789. The molecule has 5 nitrogen and oxygen atoms in total. The van der Waals surface area contributed by atoms with Crippen LogP contribution in [0.1, 0.15) is 61.1 Å². The Morgan fingerprint density at radius 2 is 1.61 bits per heavy atom. The van der Waals surface area contributed by atoms with Gasteiger partial charge in [-0.2, -0.15) is 0 Å². The molecule has 1 N–H and O–H groups in total. The topological polar surface area (TPSA) is 52.7 Å². The van der Waals surface area contributed by atoms with E-state index in [1.54, 1.807) is 6.07 Å². The summed E-state index contributed by atoms with van der Waals surface area (Å²) in [6.45, 7) is 6.54. The van der Waals surface area contributed by atoms with Gasteiger partial charge in [0.05, 0.1) is 6.04 Å². The number of amides is 2. The first-order valence-electron chi connectivity index (χ1n) is 12.5. The van der Waals surface area contributed by atoms with Gasteiger partial charge in [0.25, 0.3) is 5.91 Å². The van der Waals surface area contributed by atoms with Gasteiger partial charge in [-0.05, 0) is 67.3 Å². The smallest absolute Gasteiger partial charge is 0.255 e. The molecule has 0 spiro atoms. The average molecular weight is 490 g/mol. The summed E-state index contributed by atoms with van der Waals surface area (Å²) in [7, 11) is 3.91. The molecule has 3 rings (SSSR count). The zero-order valence-corrected chi connectivity index (χ0v) is 21.8. The highest BCUT2D eigenvalue weighted by Gasteiger charge is 2.27. The normalized spacial score (nSPS) is 11.8. The van der Waals surface area contributed by atoms with E-state index in [1.165, 1.54) is 18.2 Å². The molecule has 0 aromatic heterocycles. The summed E-state index contributed by atoms with van der Waals surface area (Å²) in [5, 5.41) is 2.87. The van der Waals surface area contributed by atoms with Gasteiger partial charge in [0.2, 0.25) is 5.91 Å². The van der Waals surface area contributed by atoms with E-state index in [0.29, 0.717) is 12.2 Å². The number of halogens is 1. The standard InChI is InChI=1S/C30H36FN3O2/c1-6-22(7-2)30(36)34(21(3)23-12-9-8-10-13-23)20-25-19-27(16-17-28(25)33(4)5)32-29(35)24-14-11-15-26(31)18-24/h8-19,21-22H,6-7,20H2,1-5H3,(H,32,35). The lowest BCUT2D eigenvalue weighted by Gasteiger charge is -2.34. The maximum absolute atomic E-state index is 13.7. The third-order valence-corrected chi connectivity index (χ3v) is 6.61. The fraction of sp³-hybridized carbons (Fsp3) is 0.333. The predicted octanol–water partition coefficient (Wildman–Crippen LogP) is 6.67. The van der Waals surface area contributed by atoms with E-state index in [2.05, 4.69) is 12.2 Å². The summed E-state index contributed by atoms with van der Waals surface area (Å²) >= 11 is 0. The Kier molecular flexibility index (Phi) is 9.23. The summed E-state index contributed by atoms with van der Waals surface area (Å²) in [5.41, 5.74) is 3.78. The van der Waals surface area contributed by atoms with Crippen molar-refractivity contribution in [3.05, 3.63) is 95.3 Å². The van der Waals surface area contributed by atoms with Crippen molar-refractivity contribution in [3.8, 4) is 0 Å². The second-order valence-electron chi connectivity index (χ2n) is 9.27. The number of nitrogens with zero attached hydrogens (tertiary/aromatic N) is 2. The molecule has 6 heteroatoms. The van der Waals surface area contributed by atoms with Crippen molar-refractivity contribution in [2.24, 2.45) is 5.92 Å². The SMILES string of the molecule is CCC(CC)C(=O)N(Cc1cc(NC(=O)c2cccc(F)c2)ccc1N(C)C)C(C)c1ccccc1. The van der Waals surface area contributed by atoms with E-state index in [1.807, 2.05) is 86.3 Å². The highest BCUT2D eigenvalue weighted by molar-refractivity contribution is 6.04. The van der Waals surface area contributed by atoms with Crippen LogP contribution in [0.4, 0.5) is 15.8 Å². The number of nitrogens with one attached hydrogen (secondary N) is 1. The molecule has 0 aliphatic heterocycles. The number of anilines is 2. The van der Waals surface area contributed by atoms with Crippen LogP contribution in [0.3, 0.4) is 0 Å². The second kappa shape index (κ2) is 12.3. The first-order chi connectivity index (χ1) is 17.2. The third kappa shape index (κ3) is 6.51. The highest BCUT2D eigenvalue weighted by Crippen LogP contribution is 2.31. The molecule has 0 heterocycles. The lowest BCUT2D eigenvalue weighted by Crippen LogP contribution is -2.37. The van der Waals surface area contributed by atoms with Gasteiger partial charge in [-0.1, -0.05) is 50.2 Å². The molecule has 1 unspecified atom stereocenters. The van der Waals surface area contributed by atoms with Crippen LogP contribution in [0.25, 0.3) is 0 Å². The van der Waals surface area contributed by atoms with Gasteiger partial charge in [0.15, 0.2) is 0 Å². The first kappa shape index (κ1) is 26.9. The van der Waals surface area contributed by atoms with Crippen molar-refractivity contribution in [1.29, 1.82) is 0 Å². The molecule has 0 fully saturated rings. The van der Waals surface area contributed by atoms with Crippen molar-refractivity contribution in [2.45, 2.75) is 46.2 Å². The van der Waals surface area contributed by atoms with Crippen LogP contribution in [-0.2, 0) is 11.3 Å². The zero-order valence-electron chi connectivity index (χ0n) is 21.8. The molecule has 1 atom stereocenters. The van der Waals surface area contributed by atoms with E-state index in [9.17, 15) is 14.0 Å². The monoisotopic (exact) mass is 489 g/mol. The summed E-state index contributed by atoms with van der Waals surface area (Å²) < 4.78 is 13.6. The molecular weight excluding hydrogens is 453 g/mol. The largest absolute Gasteiger partial charge is 0.377 e. The van der Waals surface area contributed by atoms with E-state index < -0.39 is 5.82 Å². The van der Waals surface area contributed by atoms with E-state index in [-0.39, 0.29) is 29.3 Å². The fourth-order valence-corrected chi connectivity index (χ4v) is 4.43. The Hall–Kier alpha value is -3.67. The number of hydrogen-bond donors (Lipinski definition) is 1. The highest BCUT2D eigenvalue weighted by atomic mass is 19.1. The lowest BCUT2D eigenvalue weighted by molar-refractivity contribution is -0.138. The lowest BCUT2D eigenvalue weighted by atomic mass is 9.98. The summed E-state index contributed by atoms with van der Waals surface area (Å²) in [6.07, 6.45) is 1.55. The molecule has 0 aliphatic carbocycles. The number of benzene rings is 3. The number of hydrogen-bond acceptors (Lipinski definition) is 3. The number of carbonyl (C=O) groups is 2. The Bertz CT molecular complexity index is 1180. The average Bonchev–Trinajstić information content (AvgIpc) is 2.88. The van der Waals surface area contributed by atoms with Gasteiger partial charge in [-0.3, -0.25) is 9.59 Å². The Labute approximate surface area is 213 Å². The van der Waals surface area contributed by atoms with E-state index in [0.717, 1.165) is 29.7 Å². The molecule has 3 aromatic rings. The fourth-order valence-electron chi connectivity index (χ4n) is 4.43. The summed E-state index contributed by atoms with van der Waals surface area (Å²) in [4.78, 5) is 30.4. The molecule has 36 heavy (non-hydrogen) atoms. The number of carbonyl (C=O) groups excluding carboxylic acids is 2. The van der Waals surface area contributed by atoms with Crippen molar-refractivity contribution < 1.29 is 14.0 Å². The molecule has 0 radical (unpaired) electrons. The van der Waals surface area contributed by atoms with Crippen LogP contribution in [-0.4, -0.2) is 30.8 Å². The zero-order chi connectivity index (χ0) is 26.2. The van der Waals surface area contributed by atoms with Crippen LogP contribution in [0.15, 0.2) is 72.8 Å². The van der Waals surface area contributed by atoms with Gasteiger partial charge in [-0.15, -0.1) is 0 Å². The molecule has 190 valence electrons. The molecule has 0 saturated heterocycles. The minimum atomic E-state index is -0.461. The van der Waals surface area contributed by atoms with Crippen molar-refractivity contribution in [3.63, 3.8) is 0 Å². The summed E-state index contributed by atoms with van der Waals surface area (Å²) in [6, 6.07) is 21.2. The Morgan fingerprint density at radius 3 is 2.22 bits per heavy atom. The van der Waals surface area contributed by atoms with Crippen LogP contribution in [0.5, 0.6) is 0 Å². The maximum atomic E-state index is 13.7. The molecule has 0 bridgehead atoms. The molecular formula is C30H36FN3O2. The number of rotatable bonds is 10. The van der Waals surface area contributed by atoms with Crippen molar-refractivity contribution in [1.82, 2.24) is 4.90 Å². The van der Waals surface area contributed by atoms with Gasteiger partial charge in [0, 0.05) is 43.5 Å². The Balaban J connectivity index is 1.97. The van der Waals surface area contributed by atoms with Gasteiger partial charge >= 0.3 is 0 Å².